The molecule has 1 saturated carbocycles. The van der Waals surface area contributed by atoms with Gasteiger partial charge < -0.3 is 20.6 Å². The highest BCUT2D eigenvalue weighted by atomic mass is 35.5. The number of hydrogen-bond acceptors (Lipinski definition) is 4. The molecule has 0 unspecified atom stereocenters. The molecule has 0 atom stereocenters. The lowest BCUT2D eigenvalue weighted by molar-refractivity contribution is 0.131. The third-order valence-electron chi connectivity index (χ3n) is 3.38. The quantitative estimate of drug-likeness (QED) is 0.266. The number of hydrogen-bond donors (Lipinski definition) is 2. The van der Waals surface area contributed by atoms with E-state index in [4.69, 9.17) is 27.3 Å². The van der Waals surface area contributed by atoms with Crippen molar-refractivity contribution in [2.24, 2.45) is 16.8 Å². The number of ether oxygens (including phenoxy) is 1. The Kier molecular flexibility index (Phi) is 5.09. The number of benzene rings is 1. The van der Waals surface area contributed by atoms with Crippen molar-refractivity contribution in [3.63, 3.8) is 0 Å². The van der Waals surface area contributed by atoms with Gasteiger partial charge in [-0.15, -0.1) is 0 Å². The molecular formula is C14H20ClN3O2. The van der Waals surface area contributed by atoms with Crippen molar-refractivity contribution in [2.45, 2.75) is 12.8 Å². The van der Waals surface area contributed by atoms with Crippen LogP contribution in [0.3, 0.4) is 0 Å². The van der Waals surface area contributed by atoms with Gasteiger partial charge in [-0.25, -0.2) is 0 Å². The van der Waals surface area contributed by atoms with Gasteiger partial charge in [0, 0.05) is 36.5 Å². The first-order valence-corrected chi connectivity index (χ1v) is 7.06. The Bertz CT molecular complexity index is 489. The summed E-state index contributed by atoms with van der Waals surface area (Å²) in [7, 11) is 1.93. The molecule has 0 aromatic heterocycles. The molecule has 2 rings (SSSR count). The summed E-state index contributed by atoms with van der Waals surface area (Å²) in [5.41, 5.74) is 7.16. The van der Waals surface area contributed by atoms with Crippen LogP contribution < -0.4 is 10.6 Å². The fourth-order valence-electron chi connectivity index (χ4n) is 1.95. The van der Waals surface area contributed by atoms with Gasteiger partial charge in [-0.1, -0.05) is 16.8 Å². The minimum absolute atomic E-state index is 0.0717. The van der Waals surface area contributed by atoms with Crippen molar-refractivity contribution < 1.29 is 9.94 Å². The fraction of sp³-hybridized carbons (Fsp3) is 0.500. The van der Waals surface area contributed by atoms with E-state index in [1.807, 2.05) is 11.9 Å². The van der Waals surface area contributed by atoms with Crippen LogP contribution in [-0.4, -0.2) is 37.8 Å². The Morgan fingerprint density at radius 3 is 2.95 bits per heavy atom. The second kappa shape index (κ2) is 6.81. The first-order chi connectivity index (χ1) is 9.61. The number of nitrogens with two attached hydrogens (primary N) is 1. The maximum atomic E-state index is 8.83. The van der Waals surface area contributed by atoms with Crippen LogP contribution in [0.4, 0.5) is 5.69 Å². The summed E-state index contributed by atoms with van der Waals surface area (Å²) in [6, 6.07) is 5.26. The third-order valence-corrected chi connectivity index (χ3v) is 3.61. The minimum atomic E-state index is 0.0717. The Labute approximate surface area is 124 Å². The van der Waals surface area contributed by atoms with Crippen molar-refractivity contribution in [2.75, 3.05) is 31.7 Å². The summed E-state index contributed by atoms with van der Waals surface area (Å²) < 4.78 is 5.62. The molecule has 5 nitrogen and oxygen atoms in total. The molecule has 0 aliphatic heterocycles. The summed E-state index contributed by atoms with van der Waals surface area (Å²) in [6.07, 6.45) is 2.58. The second-order valence-electron chi connectivity index (χ2n) is 5.09. The smallest absolute Gasteiger partial charge is 0.172 e. The first kappa shape index (κ1) is 14.9. The zero-order chi connectivity index (χ0) is 14.5. The molecule has 0 bridgehead atoms. The van der Waals surface area contributed by atoms with Gasteiger partial charge in [0.15, 0.2) is 5.84 Å². The van der Waals surface area contributed by atoms with Gasteiger partial charge >= 0.3 is 0 Å². The molecule has 0 radical (unpaired) electrons. The van der Waals surface area contributed by atoms with Crippen LogP contribution in [0.2, 0.25) is 5.02 Å². The Balaban J connectivity index is 1.98. The molecule has 1 aromatic rings. The SMILES string of the molecule is CN(CCOCC1CC1)c1cc(Cl)ccc1/C(N)=N/O. The van der Waals surface area contributed by atoms with Gasteiger partial charge in [0.05, 0.1) is 6.61 Å². The first-order valence-electron chi connectivity index (χ1n) is 6.68. The number of amidine groups is 1. The average Bonchev–Trinajstić information content (AvgIpc) is 3.26. The molecule has 0 spiro atoms. The Morgan fingerprint density at radius 2 is 2.30 bits per heavy atom. The molecule has 1 aromatic carbocycles. The third kappa shape index (κ3) is 4.02. The van der Waals surface area contributed by atoms with Gasteiger partial charge in [-0.05, 0) is 37.0 Å². The molecule has 6 heteroatoms. The second-order valence-corrected chi connectivity index (χ2v) is 5.52. The molecule has 0 saturated heterocycles. The fourth-order valence-corrected chi connectivity index (χ4v) is 2.11. The standard InChI is InChI=1S/C14H20ClN3O2/c1-18(6-7-20-9-10-2-3-10)13-8-11(15)4-5-12(13)14(16)17-19/h4-5,8,10,19H,2-3,6-7,9H2,1H3,(H2,16,17). The van der Waals surface area contributed by atoms with E-state index in [-0.39, 0.29) is 5.84 Å². The monoisotopic (exact) mass is 297 g/mol. The van der Waals surface area contributed by atoms with Crippen molar-refractivity contribution in [3.8, 4) is 0 Å². The molecule has 1 fully saturated rings. The number of rotatable bonds is 7. The number of oxime groups is 1. The van der Waals surface area contributed by atoms with Crippen LogP contribution in [0.1, 0.15) is 18.4 Å². The van der Waals surface area contributed by atoms with E-state index in [1.165, 1.54) is 12.8 Å². The van der Waals surface area contributed by atoms with Gasteiger partial charge in [0.2, 0.25) is 0 Å². The van der Waals surface area contributed by atoms with Crippen LogP contribution in [0, 0.1) is 5.92 Å². The zero-order valence-corrected chi connectivity index (χ0v) is 12.3. The molecule has 1 aliphatic carbocycles. The highest BCUT2D eigenvalue weighted by Crippen LogP contribution is 2.29. The zero-order valence-electron chi connectivity index (χ0n) is 11.6. The van der Waals surface area contributed by atoms with E-state index in [0.29, 0.717) is 17.2 Å². The molecule has 20 heavy (non-hydrogen) atoms. The van der Waals surface area contributed by atoms with Gasteiger partial charge in [0.25, 0.3) is 0 Å². The molecule has 1 aliphatic rings. The van der Waals surface area contributed by atoms with Crippen molar-refractivity contribution >= 4 is 23.1 Å². The van der Waals surface area contributed by atoms with Crippen molar-refractivity contribution in [1.82, 2.24) is 0 Å². The van der Waals surface area contributed by atoms with Crippen molar-refractivity contribution in [3.05, 3.63) is 28.8 Å². The summed E-state index contributed by atoms with van der Waals surface area (Å²) in [4.78, 5) is 1.99. The van der Waals surface area contributed by atoms with Crippen LogP contribution in [0.25, 0.3) is 0 Å². The molecule has 0 amide bonds. The van der Waals surface area contributed by atoms with Crippen LogP contribution in [0.5, 0.6) is 0 Å². The molecular weight excluding hydrogens is 278 g/mol. The maximum Gasteiger partial charge on any atom is 0.172 e. The highest BCUT2D eigenvalue weighted by Gasteiger charge is 2.21. The average molecular weight is 298 g/mol. The molecule has 3 N–H and O–H groups in total. The lowest BCUT2D eigenvalue weighted by atomic mass is 10.1. The summed E-state index contributed by atoms with van der Waals surface area (Å²) >= 11 is 6.02. The normalized spacial score (nSPS) is 15.4. The highest BCUT2D eigenvalue weighted by molar-refractivity contribution is 6.31. The molecule has 110 valence electrons. The van der Waals surface area contributed by atoms with Crippen LogP contribution in [-0.2, 0) is 4.74 Å². The predicted molar refractivity (Wildman–Crippen MR) is 80.8 cm³/mol. The lowest BCUT2D eigenvalue weighted by Crippen LogP contribution is -2.26. The van der Waals surface area contributed by atoms with E-state index in [2.05, 4.69) is 5.16 Å². The Hall–Kier alpha value is -1.46. The van der Waals surface area contributed by atoms with Gasteiger partial charge in [0.1, 0.15) is 0 Å². The summed E-state index contributed by atoms with van der Waals surface area (Å²) in [5, 5.41) is 12.5. The number of nitrogens with zero attached hydrogens (tertiary/aromatic N) is 2. The topological polar surface area (TPSA) is 71.1 Å². The largest absolute Gasteiger partial charge is 0.409 e. The predicted octanol–water partition coefficient (Wildman–Crippen LogP) is 2.30. The minimum Gasteiger partial charge on any atom is -0.409 e. The maximum absolute atomic E-state index is 8.83. The van der Waals surface area contributed by atoms with E-state index in [1.54, 1.807) is 18.2 Å². The van der Waals surface area contributed by atoms with Crippen molar-refractivity contribution in [1.29, 1.82) is 0 Å². The number of halogens is 1. The lowest BCUT2D eigenvalue weighted by Gasteiger charge is -2.22. The van der Waals surface area contributed by atoms with E-state index in [0.717, 1.165) is 24.8 Å². The molecule has 0 heterocycles. The van der Waals surface area contributed by atoms with E-state index >= 15 is 0 Å². The number of likely N-dealkylation sites (N-methyl/N-ethyl adjacent to an activating group) is 1. The van der Waals surface area contributed by atoms with E-state index in [9.17, 15) is 0 Å². The van der Waals surface area contributed by atoms with E-state index < -0.39 is 0 Å². The Morgan fingerprint density at radius 1 is 1.55 bits per heavy atom. The van der Waals surface area contributed by atoms with Gasteiger partial charge in [-0.3, -0.25) is 0 Å². The summed E-state index contributed by atoms with van der Waals surface area (Å²) in [6.45, 7) is 2.21. The van der Waals surface area contributed by atoms with Gasteiger partial charge in [-0.2, -0.15) is 0 Å². The number of anilines is 1. The van der Waals surface area contributed by atoms with Crippen LogP contribution >= 0.6 is 11.6 Å². The van der Waals surface area contributed by atoms with Crippen LogP contribution in [0.15, 0.2) is 23.4 Å². The summed E-state index contributed by atoms with van der Waals surface area (Å²) in [5.74, 6) is 0.835.